The van der Waals surface area contributed by atoms with Crippen LogP contribution in [0.15, 0.2) is 24.5 Å². The molecule has 2 nitrogen and oxygen atoms in total. The highest BCUT2D eigenvalue weighted by Gasteiger charge is 2.49. The summed E-state index contributed by atoms with van der Waals surface area (Å²) in [4.78, 5) is 15.7. The van der Waals surface area contributed by atoms with Crippen molar-refractivity contribution in [1.82, 2.24) is 4.98 Å². The summed E-state index contributed by atoms with van der Waals surface area (Å²) in [6, 6.07) is 3.91. The number of aromatic nitrogens is 1. The number of Topliss-reactive ketones (excluding diaryl/α,β-unsaturated/α-hetero) is 1. The lowest BCUT2D eigenvalue weighted by molar-refractivity contribution is -0.121. The molecule has 0 atom stereocenters. The van der Waals surface area contributed by atoms with Gasteiger partial charge in [-0.05, 0) is 24.5 Å². The lowest BCUT2D eigenvalue weighted by Gasteiger charge is -2.11. The first-order valence-electron chi connectivity index (χ1n) is 4.73. The molecule has 0 bridgehead atoms. The number of carbonyl (C=O) groups is 1. The molecule has 13 heavy (non-hydrogen) atoms. The smallest absolute Gasteiger partial charge is 0.143 e. The average Bonchev–Trinajstić information content (AvgIpc) is 2.99. The maximum absolute atomic E-state index is 11.7. The number of pyridine rings is 1. The van der Waals surface area contributed by atoms with Crippen molar-refractivity contribution in [3.8, 4) is 0 Å². The fourth-order valence-electron chi connectivity index (χ4n) is 1.84. The van der Waals surface area contributed by atoms with Crippen LogP contribution in [0.4, 0.5) is 0 Å². The minimum atomic E-state index is -0.150. The summed E-state index contributed by atoms with van der Waals surface area (Å²) in [6.07, 6.45) is 6.21. The van der Waals surface area contributed by atoms with Crippen LogP contribution in [0.5, 0.6) is 0 Å². The first kappa shape index (κ1) is 8.42. The number of nitrogens with zero attached hydrogens (tertiary/aromatic N) is 1. The summed E-state index contributed by atoms with van der Waals surface area (Å²) >= 11 is 0. The molecule has 0 spiro atoms. The Morgan fingerprint density at radius 2 is 2.38 bits per heavy atom. The molecule has 68 valence electrons. The minimum absolute atomic E-state index is 0.150. The van der Waals surface area contributed by atoms with Crippen molar-refractivity contribution in [2.45, 2.75) is 31.6 Å². The van der Waals surface area contributed by atoms with Gasteiger partial charge in [-0.15, -0.1) is 0 Å². The first-order valence-corrected chi connectivity index (χ1v) is 4.73. The topological polar surface area (TPSA) is 30.0 Å². The molecule has 1 aliphatic rings. The SMILES string of the molecule is CCC(=O)C1(c2cccnc2)CC1. The van der Waals surface area contributed by atoms with Gasteiger partial charge < -0.3 is 0 Å². The number of hydrogen-bond acceptors (Lipinski definition) is 2. The fourth-order valence-corrected chi connectivity index (χ4v) is 1.84. The van der Waals surface area contributed by atoms with Gasteiger partial charge >= 0.3 is 0 Å². The molecule has 0 aromatic carbocycles. The van der Waals surface area contributed by atoms with Crippen molar-refractivity contribution in [2.75, 3.05) is 0 Å². The largest absolute Gasteiger partial charge is 0.299 e. The van der Waals surface area contributed by atoms with E-state index >= 15 is 0 Å². The van der Waals surface area contributed by atoms with Gasteiger partial charge in [0.05, 0.1) is 5.41 Å². The summed E-state index contributed by atoms with van der Waals surface area (Å²) in [5, 5.41) is 0. The second-order valence-corrected chi connectivity index (χ2v) is 3.60. The van der Waals surface area contributed by atoms with Gasteiger partial charge in [0.15, 0.2) is 0 Å². The number of carbonyl (C=O) groups excluding carboxylic acids is 1. The molecule has 1 heterocycles. The van der Waals surface area contributed by atoms with E-state index in [-0.39, 0.29) is 5.41 Å². The van der Waals surface area contributed by atoms with E-state index in [1.54, 1.807) is 6.20 Å². The molecule has 0 saturated heterocycles. The average molecular weight is 175 g/mol. The molecule has 2 rings (SSSR count). The van der Waals surface area contributed by atoms with Gasteiger partial charge in [0.25, 0.3) is 0 Å². The van der Waals surface area contributed by atoms with Crippen LogP contribution in [0.1, 0.15) is 31.7 Å². The van der Waals surface area contributed by atoms with E-state index in [0.29, 0.717) is 12.2 Å². The molecule has 1 saturated carbocycles. The van der Waals surface area contributed by atoms with Gasteiger partial charge in [-0.2, -0.15) is 0 Å². The van der Waals surface area contributed by atoms with Crippen LogP contribution in [0.3, 0.4) is 0 Å². The van der Waals surface area contributed by atoms with Crippen molar-refractivity contribution in [1.29, 1.82) is 0 Å². The van der Waals surface area contributed by atoms with E-state index in [2.05, 4.69) is 4.98 Å². The van der Waals surface area contributed by atoms with E-state index in [4.69, 9.17) is 0 Å². The van der Waals surface area contributed by atoms with E-state index in [9.17, 15) is 4.79 Å². The Bertz CT molecular complexity index is 314. The minimum Gasteiger partial charge on any atom is -0.299 e. The Morgan fingerprint density at radius 3 is 2.85 bits per heavy atom. The summed E-state index contributed by atoms with van der Waals surface area (Å²) in [5.41, 5.74) is 0.949. The molecule has 1 aliphatic carbocycles. The zero-order valence-electron chi connectivity index (χ0n) is 7.79. The molecule has 2 heteroatoms. The molecular formula is C11H13NO. The molecule has 0 radical (unpaired) electrons. The fraction of sp³-hybridized carbons (Fsp3) is 0.455. The van der Waals surface area contributed by atoms with E-state index in [1.807, 2.05) is 25.3 Å². The van der Waals surface area contributed by atoms with Crippen LogP contribution in [-0.2, 0) is 10.2 Å². The van der Waals surface area contributed by atoms with Crippen LogP contribution < -0.4 is 0 Å². The Morgan fingerprint density at radius 1 is 1.62 bits per heavy atom. The molecule has 0 aliphatic heterocycles. The highest BCUT2D eigenvalue weighted by Crippen LogP contribution is 2.49. The normalized spacial score (nSPS) is 18.2. The van der Waals surface area contributed by atoms with Crippen LogP contribution in [-0.4, -0.2) is 10.8 Å². The van der Waals surface area contributed by atoms with Crippen molar-refractivity contribution in [3.63, 3.8) is 0 Å². The van der Waals surface area contributed by atoms with Crippen molar-refractivity contribution in [2.24, 2.45) is 0 Å². The summed E-state index contributed by atoms with van der Waals surface area (Å²) in [6.45, 7) is 1.93. The highest BCUT2D eigenvalue weighted by atomic mass is 16.1. The van der Waals surface area contributed by atoms with Crippen LogP contribution in [0.25, 0.3) is 0 Å². The van der Waals surface area contributed by atoms with Gasteiger partial charge in [-0.3, -0.25) is 9.78 Å². The van der Waals surface area contributed by atoms with Gasteiger partial charge in [0, 0.05) is 18.8 Å². The Kier molecular flexibility index (Phi) is 1.91. The Labute approximate surface area is 78.0 Å². The predicted octanol–water partition coefficient (Wildman–Crippen LogP) is 2.09. The molecule has 1 fully saturated rings. The molecule has 1 aromatic rings. The van der Waals surface area contributed by atoms with E-state index < -0.39 is 0 Å². The zero-order chi connectivity index (χ0) is 9.31. The molecule has 0 unspecified atom stereocenters. The summed E-state index contributed by atoms with van der Waals surface area (Å²) in [5.74, 6) is 0.362. The van der Waals surface area contributed by atoms with Gasteiger partial charge in [0.2, 0.25) is 0 Å². The lowest BCUT2D eigenvalue weighted by Crippen LogP contribution is -2.19. The van der Waals surface area contributed by atoms with Crippen molar-refractivity contribution in [3.05, 3.63) is 30.1 Å². The van der Waals surface area contributed by atoms with Crippen LogP contribution in [0.2, 0.25) is 0 Å². The van der Waals surface area contributed by atoms with Crippen LogP contribution >= 0.6 is 0 Å². The van der Waals surface area contributed by atoms with Crippen LogP contribution in [0, 0.1) is 0 Å². The van der Waals surface area contributed by atoms with E-state index in [1.165, 1.54) is 0 Å². The number of rotatable bonds is 3. The van der Waals surface area contributed by atoms with E-state index in [0.717, 1.165) is 18.4 Å². The number of ketones is 1. The zero-order valence-corrected chi connectivity index (χ0v) is 7.79. The van der Waals surface area contributed by atoms with Gasteiger partial charge in [-0.25, -0.2) is 0 Å². The second kappa shape index (κ2) is 2.95. The third kappa shape index (κ3) is 1.26. The summed E-state index contributed by atoms with van der Waals surface area (Å²) in [7, 11) is 0. The monoisotopic (exact) mass is 175 g/mol. The quantitative estimate of drug-likeness (QED) is 0.704. The van der Waals surface area contributed by atoms with Crippen molar-refractivity contribution < 1.29 is 4.79 Å². The maximum Gasteiger partial charge on any atom is 0.143 e. The summed E-state index contributed by atoms with van der Waals surface area (Å²) < 4.78 is 0. The third-order valence-corrected chi connectivity index (χ3v) is 2.82. The predicted molar refractivity (Wildman–Crippen MR) is 50.4 cm³/mol. The lowest BCUT2D eigenvalue weighted by atomic mass is 9.91. The molecular weight excluding hydrogens is 162 g/mol. The first-order chi connectivity index (χ1) is 6.29. The second-order valence-electron chi connectivity index (χ2n) is 3.60. The Balaban J connectivity index is 2.31. The molecule has 0 N–H and O–H groups in total. The van der Waals surface area contributed by atoms with Gasteiger partial charge in [-0.1, -0.05) is 13.0 Å². The molecule has 1 aromatic heterocycles. The van der Waals surface area contributed by atoms with Crippen molar-refractivity contribution >= 4 is 5.78 Å². The standard InChI is InChI=1S/C11H13NO/c1-2-10(13)11(5-6-11)9-4-3-7-12-8-9/h3-4,7-8H,2,5-6H2,1H3. The molecule has 0 amide bonds. The number of hydrogen-bond donors (Lipinski definition) is 0. The van der Waals surface area contributed by atoms with Gasteiger partial charge in [0.1, 0.15) is 5.78 Å². The Hall–Kier alpha value is -1.18. The highest BCUT2D eigenvalue weighted by molar-refractivity contribution is 5.92. The maximum atomic E-state index is 11.7. The third-order valence-electron chi connectivity index (χ3n) is 2.82.